The Morgan fingerprint density at radius 1 is 1.44 bits per heavy atom. The van der Waals surface area contributed by atoms with Crippen molar-refractivity contribution >= 4 is 18.3 Å². The van der Waals surface area contributed by atoms with Gasteiger partial charge in [-0.05, 0) is 52.7 Å². The molecule has 0 saturated carbocycles. The summed E-state index contributed by atoms with van der Waals surface area (Å²) in [6.45, 7) is 9.92. The largest absolute Gasteiger partial charge is 0.350 e. The summed E-state index contributed by atoms with van der Waals surface area (Å²) >= 11 is 0. The van der Waals surface area contributed by atoms with E-state index in [1.807, 2.05) is 7.05 Å². The van der Waals surface area contributed by atoms with E-state index in [0.29, 0.717) is 12.5 Å². The molecule has 1 aliphatic heterocycles. The minimum absolute atomic E-state index is 0. The molecule has 1 unspecified atom stereocenters. The summed E-state index contributed by atoms with van der Waals surface area (Å²) in [4.78, 5) is 14.1. The number of nitrogens with one attached hydrogen (secondary N) is 2. The molecule has 2 N–H and O–H groups in total. The lowest BCUT2D eigenvalue weighted by atomic mass is 10.0. The summed E-state index contributed by atoms with van der Waals surface area (Å²) < 4.78 is 0. The van der Waals surface area contributed by atoms with E-state index in [0.717, 1.165) is 26.1 Å². The van der Waals surface area contributed by atoms with Gasteiger partial charge < -0.3 is 10.6 Å². The summed E-state index contributed by atoms with van der Waals surface area (Å²) in [5, 5.41) is 6.29. The van der Waals surface area contributed by atoms with Crippen LogP contribution in [0.3, 0.4) is 0 Å². The summed E-state index contributed by atoms with van der Waals surface area (Å²) in [5.41, 5.74) is -0.0822. The molecule has 0 bridgehead atoms. The maximum Gasteiger partial charge on any atom is 0.234 e. The van der Waals surface area contributed by atoms with Crippen molar-refractivity contribution in [1.29, 1.82) is 0 Å². The fourth-order valence-corrected chi connectivity index (χ4v) is 2.22. The summed E-state index contributed by atoms with van der Waals surface area (Å²) in [5.74, 6) is 0.856. The molecule has 0 aromatic rings. The molecular formula is C13H28ClN3O. The van der Waals surface area contributed by atoms with Gasteiger partial charge >= 0.3 is 0 Å². The van der Waals surface area contributed by atoms with Crippen molar-refractivity contribution in [3.63, 3.8) is 0 Å². The Kier molecular flexibility index (Phi) is 7.83. The number of carbonyl (C=O) groups is 1. The molecule has 1 amide bonds. The van der Waals surface area contributed by atoms with Gasteiger partial charge in [0.15, 0.2) is 0 Å². The molecule has 1 rings (SSSR count). The first-order chi connectivity index (χ1) is 7.96. The van der Waals surface area contributed by atoms with Crippen LogP contribution < -0.4 is 10.6 Å². The highest BCUT2D eigenvalue weighted by Crippen LogP contribution is 2.15. The summed E-state index contributed by atoms with van der Waals surface area (Å²) in [7, 11) is 1.99. The quantitative estimate of drug-likeness (QED) is 0.768. The zero-order valence-electron chi connectivity index (χ0n) is 12.1. The molecule has 1 fully saturated rings. The molecule has 0 aliphatic carbocycles. The maximum absolute atomic E-state index is 11.9. The van der Waals surface area contributed by atoms with Crippen LogP contribution in [0.15, 0.2) is 0 Å². The lowest BCUT2D eigenvalue weighted by molar-refractivity contribution is -0.123. The number of hydrogen-bond donors (Lipinski definition) is 2. The highest BCUT2D eigenvalue weighted by atomic mass is 35.5. The standard InChI is InChI=1S/C13H27N3O.ClH/c1-5-13(2,3)15-12(17)10-16-7-6-11(9-16)8-14-4;/h11,14H,5-10H2,1-4H3,(H,15,17);1H. The van der Waals surface area contributed by atoms with Gasteiger partial charge in [0.05, 0.1) is 6.54 Å². The zero-order chi connectivity index (χ0) is 12.9. The predicted octanol–water partition coefficient (Wildman–Crippen LogP) is 1.25. The first-order valence-corrected chi connectivity index (χ1v) is 6.65. The number of nitrogens with zero attached hydrogens (tertiary/aromatic N) is 1. The third kappa shape index (κ3) is 6.03. The number of rotatable bonds is 6. The monoisotopic (exact) mass is 277 g/mol. The molecule has 1 heterocycles. The topological polar surface area (TPSA) is 44.4 Å². The van der Waals surface area contributed by atoms with Crippen molar-refractivity contribution < 1.29 is 4.79 Å². The van der Waals surface area contributed by atoms with Crippen LogP contribution in [0.5, 0.6) is 0 Å². The Morgan fingerprint density at radius 3 is 2.67 bits per heavy atom. The molecule has 1 aliphatic rings. The van der Waals surface area contributed by atoms with Gasteiger partial charge in [0.1, 0.15) is 0 Å². The Balaban J connectivity index is 0.00000289. The minimum atomic E-state index is -0.0822. The van der Waals surface area contributed by atoms with Gasteiger partial charge in [-0.25, -0.2) is 0 Å². The van der Waals surface area contributed by atoms with E-state index in [2.05, 4.69) is 36.3 Å². The number of halogens is 1. The fraction of sp³-hybridized carbons (Fsp3) is 0.923. The van der Waals surface area contributed by atoms with Crippen LogP contribution in [0.1, 0.15) is 33.6 Å². The second-order valence-electron chi connectivity index (χ2n) is 5.73. The maximum atomic E-state index is 11.9. The smallest absolute Gasteiger partial charge is 0.234 e. The van der Waals surface area contributed by atoms with E-state index in [4.69, 9.17) is 0 Å². The van der Waals surface area contributed by atoms with Gasteiger partial charge in [0.25, 0.3) is 0 Å². The number of hydrogen-bond acceptors (Lipinski definition) is 3. The Morgan fingerprint density at radius 2 is 2.11 bits per heavy atom. The van der Waals surface area contributed by atoms with Crippen LogP contribution in [0, 0.1) is 5.92 Å². The number of amides is 1. The highest BCUT2D eigenvalue weighted by Gasteiger charge is 2.25. The fourth-order valence-electron chi connectivity index (χ4n) is 2.22. The van der Waals surface area contributed by atoms with Crippen molar-refractivity contribution in [3.05, 3.63) is 0 Å². The Labute approximate surface area is 117 Å². The van der Waals surface area contributed by atoms with Crippen LogP contribution in [0.4, 0.5) is 0 Å². The average molecular weight is 278 g/mol. The Bertz CT molecular complexity index is 259. The predicted molar refractivity (Wildman–Crippen MR) is 78.2 cm³/mol. The van der Waals surface area contributed by atoms with Crippen molar-refractivity contribution in [1.82, 2.24) is 15.5 Å². The molecule has 1 saturated heterocycles. The second kappa shape index (κ2) is 7.97. The van der Waals surface area contributed by atoms with Crippen molar-refractivity contribution in [2.45, 2.75) is 39.2 Å². The van der Waals surface area contributed by atoms with Gasteiger partial charge in [-0.3, -0.25) is 9.69 Å². The van der Waals surface area contributed by atoms with Crippen molar-refractivity contribution in [2.24, 2.45) is 5.92 Å². The molecule has 5 heteroatoms. The zero-order valence-corrected chi connectivity index (χ0v) is 12.9. The van der Waals surface area contributed by atoms with Crippen LogP contribution in [-0.4, -0.2) is 49.6 Å². The summed E-state index contributed by atoms with van der Waals surface area (Å²) in [6.07, 6.45) is 2.16. The number of likely N-dealkylation sites (tertiary alicyclic amines) is 1. The van der Waals surface area contributed by atoms with Gasteiger partial charge in [-0.15, -0.1) is 12.4 Å². The average Bonchev–Trinajstić information content (AvgIpc) is 2.65. The Hall–Kier alpha value is -0.320. The first kappa shape index (κ1) is 17.7. The minimum Gasteiger partial charge on any atom is -0.350 e. The van der Waals surface area contributed by atoms with Crippen molar-refractivity contribution in [3.8, 4) is 0 Å². The molecule has 0 spiro atoms. The lowest BCUT2D eigenvalue weighted by Gasteiger charge is -2.26. The van der Waals surface area contributed by atoms with Crippen LogP contribution in [0.25, 0.3) is 0 Å². The molecule has 0 radical (unpaired) electrons. The third-order valence-corrected chi connectivity index (χ3v) is 3.59. The van der Waals surface area contributed by atoms with Crippen molar-refractivity contribution in [2.75, 3.05) is 33.2 Å². The molecule has 0 aromatic heterocycles. The normalized spacial score (nSPS) is 20.6. The van der Waals surface area contributed by atoms with E-state index in [1.54, 1.807) is 0 Å². The van der Waals surface area contributed by atoms with Crippen LogP contribution in [-0.2, 0) is 4.79 Å². The summed E-state index contributed by atoms with van der Waals surface area (Å²) in [6, 6.07) is 0. The van der Waals surface area contributed by atoms with E-state index in [9.17, 15) is 4.79 Å². The van der Waals surface area contributed by atoms with Crippen LogP contribution >= 0.6 is 12.4 Å². The number of carbonyl (C=O) groups excluding carboxylic acids is 1. The van der Waals surface area contributed by atoms with Gasteiger partial charge in [0, 0.05) is 12.1 Å². The van der Waals surface area contributed by atoms with E-state index in [-0.39, 0.29) is 23.9 Å². The highest BCUT2D eigenvalue weighted by molar-refractivity contribution is 5.85. The first-order valence-electron chi connectivity index (χ1n) is 6.65. The van der Waals surface area contributed by atoms with E-state index < -0.39 is 0 Å². The lowest BCUT2D eigenvalue weighted by Crippen LogP contribution is -2.47. The molecule has 18 heavy (non-hydrogen) atoms. The molecule has 4 nitrogen and oxygen atoms in total. The second-order valence-corrected chi connectivity index (χ2v) is 5.73. The molecular weight excluding hydrogens is 250 g/mol. The van der Waals surface area contributed by atoms with E-state index >= 15 is 0 Å². The van der Waals surface area contributed by atoms with Gasteiger partial charge in [0.2, 0.25) is 5.91 Å². The molecule has 108 valence electrons. The van der Waals surface area contributed by atoms with Gasteiger partial charge in [-0.1, -0.05) is 6.92 Å². The van der Waals surface area contributed by atoms with Gasteiger partial charge in [-0.2, -0.15) is 0 Å². The van der Waals surface area contributed by atoms with Crippen LogP contribution in [0.2, 0.25) is 0 Å². The SMILES string of the molecule is CCC(C)(C)NC(=O)CN1CCC(CNC)C1.Cl. The van der Waals surface area contributed by atoms with E-state index in [1.165, 1.54) is 6.42 Å². The molecule has 0 aromatic carbocycles. The molecule has 1 atom stereocenters. The third-order valence-electron chi connectivity index (χ3n) is 3.59.